The molecule has 132 valence electrons. The quantitative estimate of drug-likeness (QED) is 0.441. The van der Waals surface area contributed by atoms with E-state index in [-0.39, 0.29) is 9.92 Å². The predicted molar refractivity (Wildman–Crippen MR) is 105 cm³/mol. The fourth-order valence-electron chi connectivity index (χ4n) is 2.03. The molecule has 2 heterocycles. The molecule has 0 fully saturated rings. The molecule has 0 bridgehead atoms. The lowest BCUT2D eigenvalue weighted by molar-refractivity contribution is 0.470. The molecule has 0 aliphatic heterocycles. The van der Waals surface area contributed by atoms with Gasteiger partial charge in [0, 0.05) is 10.2 Å². The van der Waals surface area contributed by atoms with Gasteiger partial charge in [0.1, 0.15) is 0 Å². The first-order valence-electron chi connectivity index (χ1n) is 7.56. The third kappa shape index (κ3) is 4.19. The Bertz CT molecular complexity index is 946. The molecule has 0 aliphatic carbocycles. The highest BCUT2D eigenvalue weighted by Gasteiger charge is 2.29. The van der Waals surface area contributed by atoms with Crippen molar-refractivity contribution in [1.29, 1.82) is 0 Å². The molecular weight excluding hydrogens is 442 g/mol. The summed E-state index contributed by atoms with van der Waals surface area (Å²) in [6.07, 6.45) is 0. The normalized spacial score (nSPS) is 12.0. The van der Waals surface area contributed by atoms with Gasteiger partial charge in [-0.2, -0.15) is 4.98 Å². The smallest absolute Gasteiger partial charge is 0.238 e. The number of rotatable bonds is 6. The zero-order chi connectivity index (χ0) is 18.0. The van der Waals surface area contributed by atoms with Crippen LogP contribution in [0.5, 0.6) is 0 Å². The highest BCUT2D eigenvalue weighted by molar-refractivity contribution is 9.10. The first-order valence-corrected chi connectivity index (χ1v) is 11.7. The zero-order valence-electron chi connectivity index (χ0n) is 13.6. The van der Waals surface area contributed by atoms with Gasteiger partial charge in [0.25, 0.3) is 0 Å². The van der Waals surface area contributed by atoms with Crippen LogP contribution in [0.25, 0.3) is 10.8 Å². The first-order chi connectivity index (χ1) is 11.9. The molecule has 25 heavy (non-hydrogen) atoms. The van der Waals surface area contributed by atoms with E-state index >= 15 is 0 Å². The minimum absolute atomic E-state index is 0.0103. The molecule has 0 aliphatic rings. The lowest BCUT2D eigenvalue weighted by Gasteiger charge is -2.05. The van der Waals surface area contributed by atoms with Crippen LogP contribution in [0.3, 0.4) is 0 Å². The summed E-state index contributed by atoms with van der Waals surface area (Å²) in [6, 6.07) is 10.3. The van der Waals surface area contributed by atoms with Crippen molar-refractivity contribution in [2.24, 2.45) is 5.92 Å². The van der Waals surface area contributed by atoms with E-state index in [0.29, 0.717) is 16.9 Å². The van der Waals surface area contributed by atoms with E-state index in [9.17, 15) is 8.42 Å². The standard InChI is InChI=1S/C17H16BrNO3S3/c1-11(2)10-24-17-16(19-15(22-17)14-4-3-9-23-14)25(20,21)13-7-5-12(18)6-8-13/h3-9,11H,10H2,1-2H3. The SMILES string of the molecule is CC(C)CSc1oc(-c2cccs2)nc1S(=O)(=O)c1ccc(Br)cc1. The molecule has 1 aromatic carbocycles. The summed E-state index contributed by atoms with van der Waals surface area (Å²) in [5, 5.41) is 2.24. The van der Waals surface area contributed by atoms with Crippen molar-refractivity contribution in [1.82, 2.24) is 4.98 Å². The molecule has 3 rings (SSSR count). The fraction of sp³-hybridized carbons (Fsp3) is 0.235. The molecule has 2 aromatic heterocycles. The summed E-state index contributed by atoms with van der Waals surface area (Å²) >= 11 is 6.17. The number of halogens is 1. The number of nitrogens with zero attached hydrogens (tertiary/aromatic N) is 1. The Morgan fingerprint density at radius 3 is 2.56 bits per heavy atom. The van der Waals surface area contributed by atoms with Gasteiger partial charge in [-0.05, 0) is 41.6 Å². The zero-order valence-corrected chi connectivity index (χ0v) is 17.6. The van der Waals surface area contributed by atoms with E-state index in [1.807, 2.05) is 17.5 Å². The number of thioether (sulfide) groups is 1. The molecule has 8 heteroatoms. The van der Waals surface area contributed by atoms with Gasteiger partial charge < -0.3 is 4.42 Å². The highest BCUT2D eigenvalue weighted by Crippen LogP contribution is 2.36. The summed E-state index contributed by atoms with van der Waals surface area (Å²) in [4.78, 5) is 5.34. The van der Waals surface area contributed by atoms with E-state index in [0.717, 1.165) is 15.1 Å². The molecule has 4 nitrogen and oxygen atoms in total. The van der Waals surface area contributed by atoms with E-state index in [1.165, 1.54) is 23.1 Å². The van der Waals surface area contributed by atoms with Crippen LogP contribution >= 0.6 is 39.0 Å². The Morgan fingerprint density at radius 1 is 1.24 bits per heavy atom. The van der Waals surface area contributed by atoms with Crippen molar-refractivity contribution in [3.05, 3.63) is 46.3 Å². The summed E-state index contributed by atoms with van der Waals surface area (Å²) < 4.78 is 32.7. The van der Waals surface area contributed by atoms with Crippen LogP contribution < -0.4 is 0 Å². The first kappa shape index (κ1) is 18.7. The number of aromatic nitrogens is 1. The van der Waals surface area contributed by atoms with Crippen LogP contribution in [0.4, 0.5) is 0 Å². The van der Waals surface area contributed by atoms with Crippen LogP contribution in [0.2, 0.25) is 0 Å². The van der Waals surface area contributed by atoms with Crippen molar-refractivity contribution >= 4 is 48.9 Å². The van der Waals surface area contributed by atoms with Gasteiger partial charge in [-0.3, -0.25) is 0 Å². The largest absolute Gasteiger partial charge is 0.428 e. The van der Waals surface area contributed by atoms with Gasteiger partial charge in [0.2, 0.25) is 25.8 Å². The van der Waals surface area contributed by atoms with Crippen LogP contribution in [0, 0.1) is 5.92 Å². The second-order valence-corrected chi connectivity index (χ2v) is 10.5. The predicted octanol–water partition coefficient (Wildman–Crippen LogP) is 5.75. The second kappa shape index (κ2) is 7.65. The maximum Gasteiger partial charge on any atom is 0.238 e. The van der Waals surface area contributed by atoms with E-state index < -0.39 is 9.84 Å². The summed E-state index contributed by atoms with van der Waals surface area (Å²) in [6.45, 7) is 4.15. The topological polar surface area (TPSA) is 60.2 Å². The van der Waals surface area contributed by atoms with E-state index in [1.54, 1.807) is 24.3 Å². The Morgan fingerprint density at radius 2 is 1.96 bits per heavy atom. The van der Waals surface area contributed by atoms with Crippen molar-refractivity contribution in [2.45, 2.75) is 28.9 Å². The van der Waals surface area contributed by atoms with Gasteiger partial charge in [0.05, 0.1) is 9.77 Å². The monoisotopic (exact) mass is 457 g/mol. The minimum atomic E-state index is -3.75. The Labute approximate surface area is 163 Å². The van der Waals surface area contributed by atoms with Crippen LogP contribution in [-0.4, -0.2) is 19.2 Å². The minimum Gasteiger partial charge on any atom is -0.428 e. The van der Waals surface area contributed by atoms with Crippen molar-refractivity contribution in [2.75, 3.05) is 5.75 Å². The molecule has 0 N–H and O–H groups in total. The number of hydrogen-bond donors (Lipinski definition) is 0. The molecule has 3 aromatic rings. The molecule has 0 saturated carbocycles. The lowest BCUT2D eigenvalue weighted by Crippen LogP contribution is -2.04. The maximum atomic E-state index is 13.0. The average Bonchev–Trinajstić information content (AvgIpc) is 3.23. The van der Waals surface area contributed by atoms with Crippen LogP contribution in [0.15, 0.2) is 65.7 Å². The van der Waals surface area contributed by atoms with Crippen LogP contribution in [-0.2, 0) is 9.84 Å². The number of thiophene rings is 1. The number of hydrogen-bond acceptors (Lipinski definition) is 6. The third-order valence-corrected chi connectivity index (χ3v) is 7.79. The Hall–Kier alpha value is -1.09. The average molecular weight is 458 g/mol. The molecule has 0 unspecified atom stereocenters. The van der Waals surface area contributed by atoms with Gasteiger partial charge in [0.15, 0.2) is 0 Å². The number of sulfone groups is 1. The molecular formula is C17H16BrNO3S3. The maximum absolute atomic E-state index is 13.0. The van der Waals surface area contributed by atoms with Crippen molar-refractivity contribution in [3.63, 3.8) is 0 Å². The van der Waals surface area contributed by atoms with Gasteiger partial charge in [-0.1, -0.05) is 47.6 Å². The molecule has 0 atom stereocenters. The summed E-state index contributed by atoms with van der Waals surface area (Å²) in [7, 11) is -3.75. The molecule has 0 spiro atoms. The Balaban J connectivity index is 2.07. The highest BCUT2D eigenvalue weighted by atomic mass is 79.9. The fourth-order valence-corrected chi connectivity index (χ4v) is 5.42. The summed E-state index contributed by atoms with van der Waals surface area (Å²) in [5.41, 5.74) is 0. The Kier molecular flexibility index (Phi) is 5.72. The van der Waals surface area contributed by atoms with Gasteiger partial charge >= 0.3 is 0 Å². The van der Waals surface area contributed by atoms with Crippen molar-refractivity contribution in [3.8, 4) is 10.8 Å². The van der Waals surface area contributed by atoms with Crippen molar-refractivity contribution < 1.29 is 12.8 Å². The summed E-state index contributed by atoms with van der Waals surface area (Å²) in [5.74, 6) is 1.50. The number of oxazole rings is 1. The second-order valence-electron chi connectivity index (χ2n) is 5.75. The number of benzene rings is 1. The lowest BCUT2D eigenvalue weighted by atomic mass is 10.3. The molecule has 0 amide bonds. The van der Waals surface area contributed by atoms with Gasteiger partial charge in [-0.25, -0.2) is 8.42 Å². The van der Waals surface area contributed by atoms with E-state index in [4.69, 9.17) is 4.42 Å². The van der Waals surface area contributed by atoms with Crippen LogP contribution in [0.1, 0.15) is 13.8 Å². The third-order valence-electron chi connectivity index (χ3n) is 3.23. The molecule has 0 saturated heterocycles. The molecule has 0 radical (unpaired) electrons. The van der Waals surface area contributed by atoms with E-state index in [2.05, 4.69) is 34.8 Å². The van der Waals surface area contributed by atoms with Gasteiger partial charge in [-0.15, -0.1) is 11.3 Å².